The zero-order chi connectivity index (χ0) is 18.7. The van der Waals surface area contributed by atoms with Crippen LogP contribution in [-0.4, -0.2) is 38.3 Å². The van der Waals surface area contributed by atoms with Gasteiger partial charge in [-0.3, -0.25) is 19.3 Å². The Labute approximate surface area is 152 Å². The monoisotopic (exact) mass is 356 g/mol. The predicted molar refractivity (Wildman–Crippen MR) is 97.8 cm³/mol. The topological polar surface area (TPSA) is 93.0 Å². The molecule has 8 heteroatoms. The summed E-state index contributed by atoms with van der Waals surface area (Å²) in [5.74, 6) is -0.104. The minimum Gasteiger partial charge on any atom is -0.324 e. The Balaban J connectivity index is 1.88. The van der Waals surface area contributed by atoms with Crippen molar-refractivity contribution in [1.29, 1.82) is 0 Å². The van der Waals surface area contributed by atoms with Crippen LogP contribution >= 0.6 is 0 Å². The van der Waals surface area contributed by atoms with Crippen LogP contribution in [0.2, 0.25) is 0 Å². The van der Waals surface area contributed by atoms with Crippen LogP contribution < -0.4 is 10.2 Å². The predicted octanol–water partition coefficient (Wildman–Crippen LogP) is 2.34. The standard InChI is InChI=1S/C18H24N6O2/c1-4-13-10-24(16-9-19-7-5-14(16)20-17(13)25)18(26)15-11-23(22-21-15)8-6-12(2)3/h5,7,9,11-13H,4,6,8,10H2,1-3H3,(H,20,25). The molecule has 0 radical (unpaired) electrons. The van der Waals surface area contributed by atoms with Gasteiger partial charge in [-0.25, -0.2) is 0 Å². The van der Waals surface area contributed by atoms with Gasteiger partial charge in [0, 0.05) is 19.3 Å². The molecule has 1 unspecified atom stereocenters. The van der Waals surface area contributed by atoms with Crippen LogP contribution in [0.25, 0.3) is 0 Å². The molecule has 1 atom stereocenters. The average molecular weight is 356 g/mol. The Morgan fingerprint density at radius 1 is 1.42 bits per heavy atom. The zero-order valence-electron chi connectivity index (χ0n) is 15.3. The summed E-state index contributed by atoms with van der Waals surface area (Å²) in [6.45, 7) is 7.22. The summed E-state index contributed by atoms with van der Waals surface area (Å²) in [5, 5.41) is 11.0. The molecule has 0 saturated heterocycles. The fourth-order valence-electron chi connectivity index (χ4n) is 2.88. The third-order valence-electron chi connectivity index (χ3n) is 4.55. The van der Waals surface area contributed by atoms with Crippen molar-refractivity contribution in [2.45, 2.75) is 40.2 Å². The number of aryl methyl sites for hydroxylation is 1. The first-order valence-corrected chi connectivity index (χ1v) is 8.96. The number of anilines is 2. The van der Waals surface area contributed by atoms with Gasteiger partial charge in [-0.2, -0.15) is 0 Å². The highest BCUT2D eigenvalue weighted by molar-refractivity contribution is 6.09. The minimum absolute atomic E-state index is 0.0872. The van der Waals surface area contributed by atoms with Gasteiger partial charge in [0.1, 0.15) is 0 Å². The smallest absolute Gasteiger partial charge is 0.280 e. The summed E-state index contributed by atoms with van der Waals surface area (Å²) < 4.78 is 1.69. The maximum Gasteiger partial charge on any atom is 0.280 e. The second-order valence-corrected chi connectivity index (χ2v) is 6.95. The van der Waals surface area contributed by atoms with Crippen molar-refractivity contribution in [2.75, 3.05) is 16.8 Å². The number of nitrogens with one attached hydrogen (secondary N) is 1. The van der Waals surface area contributed by atoms with E-state index in [0.29, 0.717) is 36.8 Å². The van der Waals surface area contributed by atoms with E-state index in [-0.39, 0.29) is 23.4 Å². The quantitative estimate of drug-likeness (QED) is 0.887. The molecule has 0 aromatic carbocycles. The number of pyridine rings is 1. The number of hydrogen-bond acceptors (Lipinski definition) is 5. The van der Waals surface area contributed by atoms with E-state index >= 15 is 0 Å². The third-order valence-corrected chi connectivity index (χ3v) is 4.55. The molecule has 0 aliphatic carbocycles. The number of amides is 2. The summed E-state index contributed by atoms with van der Waals surface area (Å²) >= 11 is 0. The molecule has 2 aromatic heterocycles. The van der Waals surface area contributed by atoms with E-state index in [0.717, 1.165) is 6.42 Å². The molecule has 8 nitrogen and oxygen atoms in total. The number of fused-ring (bicyclic) bond motifs is 1. The maximum absolute atomic E-state index is 13.1. The Kier molecular flexibility index (Phi) is 5.29. The molecular weight excluding hydrogens is 332 g/mol. The average Bonchev–Trinajstić information content (AvgIpc) is 3.04. The van der Waals surface area contributed by atoms with Gasteiger partial charge < -0.3 is 10.2 Å². The number of rotatable bonds is 5. The van der Waals surface area contributed by atoms with Gasteiger partial charge in [-0.1, -0.05) is 26.0 Å². The zero-order valence-corrected chi connectivity index (χ0v) is 15.3. The first-order valence-electron chi connectivity index (χ1n) is 8.96. The third kappa shape index (κ3) is 3.74. The molecule has 0 spiro atoms. The van der Waals surface area contributed by atoms with Crippen LogP contribution in [0.1, 0.15) is 44.1 Å². The summed E-state index contributed by atoms with van der Waals surface area (Å²) in [4.78, 5) is 31.1. The van der Waals surface area contributed by atoms with Crippen LogP contribution in [0.4, 0.5) is 11.4 Å². The Morgan fingerprint density at radius 2 is 2.23 bits per heavy atom. The van der Waals surface area contributed by atoms with E-state index in [1.165, 1.54) is 0 Å². The lowest BCUT2D eigenvalue weighted by molar-refractivity contribution is -0.119. The molecule has 0 saturated carbocycles. The molecule has 2 aromatic rings. The number of nitrogens with zero attached hydrogens (tertiary/aromatic N) is 5. The van der Waals surface area contributed by atoms with Crippen molar-refractivity contribution in [3.05, 3.63) is 30.4 Å². The van der Waals surface area contributed by atoms with Crippen LogP contribution in [0, 0.1) is 11.8 Å². The fraction of sp³-hybridized carbons (Fsp3) is 0.500. The molecule has 3 heterocycles. The van der Waals surface area contributed by atoms with Crippen molar-refractivity contribution in [3.63, 3.8) is 0 Å². The van der Waals surface area contributed by atoms with Crippen molar-refractivity contribution < 1.29 is 9.59 Å². The van der Waals surface area contributed by atoms with E-state index < -0.39 is 0 Å². The number of aromatic nitrogens is 4. The van der Waals surface area contributed by atoms with Crippen LogP contribution in [0.3, 0.4) is 0 Å². The second kappa shape index (κ2) is 7.63. The molecule has 26 heavy (non-hydrogen) atoms. The number of carbonyl (C=O) groups excluding carboxylic acids is 2. The molecule has 138 valence electrons. The molecule has 1 aliphatic heterocycles. The van der Waals surface area contributed by atoms with E-state index in [4.69, 9.17) is 0 Å². The molecule has 0 fully saturated rings. The first-order chi connectivity index (χ1) is 12.5. The van der Waals surface area contributed by atoms with E-state index in [1.54, 1.807) is 34.2 Å². The first kappa shape index (κ1) is 18.0. The Hall–Kier alpha value is -2.77. The fourth-order valence-corrected chi connectivity index (χ4v) is 2.88. The highest BCUT2D eigenvalue weighted by Crippen LogP contribution is 2.30. The molecular formula is C18H24N6O2. The van der Waals surface area contributed by atoms with Gasteiger partial charge in [0.05, 0.1) is 29.7 Å². The normalized spacial score (nSPS) is 17.0. The van der Waals surface area contributed by atoms with Crippen LogP contribution in [0.15, 0.2) is 24.7 Å². The van der Waals surface area contributed by atoms with E-state index in [1.807, 2.05) is 6.92 Å². The lowest BCUT2D eigenvalue weighted by Crippen LogP contribution is -2.37. The van der Waals surface area contributed by atoms with Gasteiger partial charge in [0.15, 0.2) is 5.69 Å². The molecule has 3 rings (SSSR count). The minimum atomic E-state index is -0.290. The molecule has 1 aliphatic rings. The highest BCUT2D eigenvalue weighted by atomic mass is 16.2. The van der Waals surface area contributed by atoms with E-state index in [9.17, 15) is 9.59 Å². The largest absolute Gasteiger partial charge is 0.324 e. The van der Waals surface area contributed by atoms with Gasteiger partial charge in [-0.05, 0) is 24.8 Å². The Morgan fingerprint density at radius 3 is 2.96 bits per heavy atom. The van der Waals surface area contributed by atoms with Crippen LogP contribution in [0.5, 0.6) is 0 Å². The van der Waals surface area contributed by atoms with Gasteiger partial charge in [0.2, 0.25) is 5.91 Å². The summed E-state index contributed by atoms with van der Waals surface area (Å²) in [6, 6.07) is 1.70. The SMILES string of the molecule is CCC1CN(C(=O)c2cn(CCC(C)C)nn2)c2cnccc2NC1=O. The summed E-state index contributed by atoms with van der Waals surface area (Å²) in [7, 11) is 0. The molecule has 1 N–H and O–H groups in total. The lowest BCUT2D eigenvalue weighted by Gasteiger charge is -2.22. The lowest BCUT2D eigenvalue weighted by atomic mass is 10.1. The van der Waals surface area contributed by atoms with E-state index in [2.05, 4.69) is 34.5 Å². The van der Waals surface area contributed by atoms with Gasteiger partial charge in [-0.15, -0.1) is 5.10 Å². The highest BCUT2D eigenvalue weighted by Gasteiger charge is 2.32. The summed E-state index contributed by atoms with van der Waals surface area (Å²) in [5.41, 5.74) is 1.44. The number of hydrogen-bond donors (Lipinski definition) is 1. The molecule has 2 amide bonds. The van der Waals surface area contributed by atoms with Crippen LogP contribution in [-0.2, 0) is 11.3 Å². The molecule has 0 bridgehead atoms. The Bertz CT molecular complexity index is 800. The van der Waals surface area contributed by atoms with Gasteiger partial charge >= 0.3 is 0 Å². The van der Waals surface area contributed by atoms with Crippen molar-refractivity contribution in [1.82, 2.24) is 20.0 Å². The summed E-state index contributed by atoms with van der Waals surface area (Å²) in [6.07, 6.45) is 6.45. The number of carbonyl (C=O) groups is 2. The van der Waals surface area contributed by atoms with Crippen molar-refractivity contribution in [3.8, 4) is 0 Å². The second-order valence-electron chi connectivity index (χ2n) is 6.95. The maximum atomic E-state index is 13.1. The van der Waals surface area contributed by atoms with Crippen molar-refractivity contribution >= 4 is 23.2 Å². The van der Waals surface area contributed by atoms with Gasteiger partial charge in [0.25, 0.3) is 5.91 Å². The van der Waals surface area contributed by atoms with Crippen molar-refractivity contribution in [2.24, 2.45) is 11.8 Å².